The molecule has 0 unspecified atom stereocenters. The molecule has 0 aliphatic carbocycles. The third kappa shape index (κ3) is 6.13. The van der Waals surface area contributed by atoms with E-state index in [2.05, 4.69) is 26.7 Å². The second-order valence-electron chi connectivity index (χ2n) is 7.02. The average Bonchev–Trinajstić information content (AvgIpc) is 3.14. The number of pyridine rings is 1. The number of halogens is 1. The number of carbonyl (C=O) groups is 1. The van der Waals surface area contributed by atoms with Gasteiger partial charge >= 0.3 is 0 Å². The Hall–Kier alpha value is -2.22. The van der Waals surface area contributed by atoms with Crippen LogP contribution in [-0.4, -0.2) is 41.1 Å². The number of benzene rings is 1. The Labute approximate surface area is 179 Å². The van der Waals surface area contributed by atoms with Gasteiger partial charge in [0.2, 0.25) is 11.8 Å². The van der Waals surface area contributed by atoms with Gasteiger partial charge in [-0.1, -0.05) is 30.7 Å². The molecule has 29 heavy (non-hydrogen) atoms. The summed E-state index contributed by atoms with van der Waals surface area (Å²) in [7, 11) is 0. The predicted molar refractivity (Wildman–Crippen MR) is 118 cm³/mol. The fraction of sp³-hybridized carbons (Fsp3) is 0.381. The minimum absolute atomic E-state index is 0.0540. The van der Waals surface area contributed by atoms with Crippen molar-refractivity contribution in [2.24, 2.45) is 0 Å². The van der Waals surface area contributed by atoms with E-state index in [9.17, 15) is 4.79 Å². The fourth-order valence-corrected chi connectivity index (χ4v) is 3.82. The molecule has 0 spiro atoms. The SMILES string of the molecule is CC[C@](C)(COc1ncccc1Cl)NCC(=O)NCCc1nc2ccccc2s1. The van der Waals surface area contributed by atoms with Gasteiger partial charge in [-0.05, 0) is 37.6 Å². The smallest absolute Gasteiger partial charge is 0.233 e. The molecular weight excluding hydrogens is 408 g/mol. The number of carbonyl (C=O) groups excluding carboxylic acids is 1. The van der Waals surface area contributed by atoms with Crippen molar-refractivity contribution in [1.29, 1.82) is 0 Å². The molecule has 0 aliphatic rings. The zero-order valence-corrected chi connectivity index (χ0v) is 18.1. The van der Waals surface area contributed by atoms with Crippen molar-refractivity contribution in [1.82, 2.24) is 20.6 Å². The molecule has 1 aromatic carbocycles. The summed E-state index contributed by atoms with van der Waals surface area (Å²) in [5.74, 6) is 0.345. The molecule has 8 heteroatoms. The fourth-order valence-electron chi connectivity index (χ4n) is 2.68. The van der Waals surface area contributed by atoms with Gasteiger partial charge in [0.25, 0.3) is 0 Å². The Morgan fingerprint density at radius 3 is 2.86 bits per heavy atom. The number of ether oxygens (including phenoxy) is 1. The number of nitrogens with zero attached hydrogens (tertiary/aromatic N) is 2. The summed E-state index contributed by atoms with van der Waals surface area (Å²) >= 11 is 7.75. The molecule has 2 aromatic heterocycles. The van der Waals surface area contributed by atoms with Gasteiger partial charge in [0.15, 0.2) is 0 Å². The average molecular weight is 433 g/mol. The second-order valence-corrected chi connectivity index (χ2v) is 8.54. The molecule has 154 valence electrons. The quantitative estimate of drug-likeness (QED) is 0.509. The Balaban J connectivity index is 1.42. The zero-order valence-electron chi connectivity index (χ0n) is 16.6. The predicted octanol–water partition coefficient (Wildman–Crippen LogP) is 3.84. The molecule has 3 rings (SSSR count). The number of fused-ring (bicyclic) bond motifs is 1. The van der Waals surface area contributed by atoms with E-state index in [0.717, 1.165) is 23.4 Å². The van der Waals surface area contributed by atoms with Crippen molar-refractivity contribution in [2.75, 3.05) is 19.7 Å². The van der Waals surface area contributed by atoms with E-state index in [1.807, 2.05) is 32.0 Å². The first kappa shape index (κ1) is 21.5. The van der Waals surface area contributed by atoms with Gasteiger partial charge in [-0.3, -0.25) is 10.1 Å². The highest BCUT2D eigenvalue weighted by Crippen LogP contribution is 2.22. The van der Waals surface area contributed by atoms with Gasteiger partial charge < -0.3 is 10.1 Å². The molecule has 0 bridgehead atoms. The van der Waals surface area contributed by atoms with Crippen molar-refractivity contribution in [3.8, 4) is 5.88 Å². The third-order valence-electron chi connectivity index (χ3n) is 4.71. The summed E-state index contributed by atoms with van der Waals surface area (Å²) in [6.45, 7) is 5.19. The number of aromatic nitrogens is 2. The van der Waals surface area contributed by atoms with E-state index in [-0.39, 0.29) is 18.0 Å². The maximum Gasteiger partial charge on any atom is 0.233 e. The van der Waals surface area contributed by atoms with Gasteiger partial charge in [0.05, 0.1) is 21.8 Å². The Bertz CT molecular complexity index is 932. The van der Waals surface area contributed by atoms with Gasteiger partial charge in [-0.15, -0.1) is 11.3 Å². The van der Waals surface area contributed by atoms with Crippen molar-refractivity contribution >= 4 is 39.1 Å². The maximum atomic E-state index is 12.2. The molecule has 2 N–H and O–H groups in total. The lowest BCUT2D eigenvalue weighted by Gasteiger charge is -2.29. The summed E-state index contributed by atoms with van der Waals surface area (Å²) in [6, 6.07) is 11.5. The van der Waals surface area contributed by atoms with Crippen LogP contribution < -0.4 is 15.4 Å². The molecule has 3 aromatic rings. The first-order chi connectivity index (χ1) is 14.0. The van der Waals surface area contributed by atoms with E-state index in [1.165, 1.54) is 4.70 Å². The van der Waals surface area contributed by atoms with Crippen LogP contribution in [0.5, 0.6) is 5.88 Å². The van der Waals surface area contributed by atoms with Crippen LogP contribution in [-0.2, 0) is 11.2 Å². The lowest BCUT2D eigenvalue weighted by molar-refractivity contribution is -0.120. The molecule has 6 nitrogen and oxygen atoms in total. The van der Waals surface area contributed by atoms with Crippen LogP contribution in [0.3, 0.4) is 0 Å². The number of rotatable bonds is 10. The summed E-state index contributed by atoms with van der Waals surface area (Å²) in [6.07, 6.45) is 3.14. The Morgan fingerprint density at radius 1 is 1.28 bits per heavy atom. The normalized spacial score (nSPS) is 13.2. The highest BCUT2D eigenvalue weighted by molar-refractivity contribution is 7.18. The Kier molecular flexibility index (Phi) is 7.41. The monoisotopic (exact) mass is 432 g/mol. The van der Waals surface area contributed by atoms with Gasteiger partial charge in [0, 0.05) is 24.7 Å². The minimum atomic E-state index is -0.370. The first-order valence-corrected chi connectivity index (χ1v) is 10.8. The van der Waals surface area contributed by atoms with Crippen molar-refractivity contribution < 1.29 is 9.53 Å². The highest BCUT2D eigenvalue weighted by Gasteiger charge is 2.24. The lowest BCUT2D eigenvalue weighted by Crippen LogP contribution is -2.50. The molecule has 1 amide bonds. The largest absolute Gasteiger partial charge is 0.475 e. The zero-order chi connectivity index (χ0) is 20.7. The molecule has 1 atom stereocenters. The lowest BCUT2D eigenvalue weighted by atomic mass is 10.0. The summed E-state index contributed by atoms with van der Waals surface area (Å²) in [5.41, 5.74) is 0.637. The topological polar surface area (TPSA) is 76.1 Å². The highest BCUT2D eigenvalue weighted by atomic mass is 35.5. The number of para-hydroxylation sites is 1. The molecule has 2 heterocycles. The van der Waals surface area contributed by atoms with Crippen LogP contribution in [0.2, 0.25) is 5.02 Å². The number of hydrogen-bond donors (Lipinski definition) is 2. The number of amides is 1. The Morgan fingerprint density at radius 2 is 2.10 bits per heavy atom. The van der Waals surface area contributed by atoms with Crippen LogP contribution in [0.1, 0.15) is 25.3 Å². The molecule has 0 fully saturated rings. The van der Waals surface area contributed by atoms with E-state index in [4.69, 9.17) is 16.3 Å². The standard InChI is InChI=1S/C21H25ClN4O2S/c1-3-21(2,14-28-20-15(22)7-6-11-24-20)25-13-18(27)23-12-10-19-26-16-8-4-5-9-17(16)29-19/h4-9,11,25H,3,10,12-14H2,1-2H3,(H,23,27)/t21-/m1/s1. The van der Waals surface area contributed by atoms with Crippen LogP contribution in [0, 0.1) is 0 Å². The van der Waals surface area contributed by atoms with E-state index >= 15 is 0 Å². The van der Waals surface area contributed by atoms with Gasteiger partial charge in [-0.2, -0.15) is 0 Å². The summed E-state index contributed by atoms with van der Waals surface area (Å²) < 4.78 is 6.92. The number of hydrogen-bond acceptors (Lipinski definition) is 6. The van der Waals surface area contributed by atoms with Crippen molar-refractivity contribution in [3.05, 3.63) is 52.6 Å². The van der Waals surface area contributed by atoms with Crippen molar-refractivity contribution in [2.45, 2.75) is 32.2 Å². The van der Waals surface area contributed by atoms with E-state index < -0.39 is 0 Å². The van der Waals surface area contributed by atoms with Crippen LogP contribution >= 0.6 is 22.9 Å². The van der Waals surface area contributed by atoms with Crippen LogP contribution in [0.4, 0.5) is 0 Å². The van der Waals surface area contributed by atoms with Crippen molar-refractivity contribution in [3.63, 3.8) is 0 Å². The summed E-state index contributed by atoms with van der Waals surface area (Å²) in [5, 5.41) is 7.73. The summed E-state index contributed by atoms with van der Waals surface area (Å²) in [4.78, 5) is 20.9. The van der Waals surface area contributed by atoms with E-state index in [1.54, 1.807) is 29.7 Å². The minimum Gasteiger partial charge on any atom is -0.475 e. The second kappa shape index (κ2) is 10.0. The third-order valence-corrected chi connectivity index (χ3v) is 6.09. The number of thiazole rings is 1. The van der Waals surface area contributed by atoms with Gasteiger partial charge in [-0.25, -0.2) is 9.97 Å². The molecule has 0 saturated carbocycles. The van der Waals surface area contributed by atoms with Crippen LogP contribution in [0.15, 0.2) is 42.6 Å². The molecule has 0 radical (unpaired) electrons. The van der Waals surface area contributed by atoms with Gasteiger partial charge in [0.1, 0.15) is 11.6 Å². The van der Waals surface area contributed by atoms with Crippen LogP contribution in [0.25, 0.3) is 10.2 Å². The first-order valence-electron chi connectivity index (χ1n) is 9.58. The molecule has 0 aliphatic heterocycles. The molecule has 0 saturated heterocycles. The maximum absolute atomic E-state index is 12.2. The van der Waals surface area contributed by atoms with E-state index in [0.29, 0.717) is 24.1 Å². The number of nitrogens with one attached hydrogen (secondary N) is 2. The molecular formula is C21H25ClN4O2S.